The van der Waals surface area contributed by atoms with Crippen LogP contribution in [0.2, 0.25) is 0 Å². The second kappa shape index (κ2) is 3.29. The second-order valence-electron chi connectivity index (χ2n) is 3.02. The van der Waals surface area contributed by atoms with Gasteiger partial charge in [-0.25, -0.2) is 13.4 Å². The predicted molar refractivity (Wildman–Crippen MR) is 56.0 cm³/mol. The van der Waals surface area contributed by atoms with E-state index in [1.165, 1.54) is 17.6 Å². The van der Waals surface area contributed by atoms with Crippen molar-refractivity contribution >= 4 is 31.4 Å². The van der Waals surface area contributed by atoms with Crippen molar-refractivity contribution < 1.29 is 8.42 Å². The Morgan fingerprint density at radius 1 is 1.50 bits per heavy atom. The van der Waals surface area contributed by atoms with Gasteiger partial charge in [0, 0.05) is 12.5 Å². The molecule has 2 aromatic heterocycles. The van der Waals surface area contributed by atoms with E-state index in [9.17, 15) is 8.42 Å². The summed E-state index contributed by atoms with van der Waals surface area (Å²) < 4.78 is 23.0. The standard InChI is InChI=1S/C8H8N2O2S2/c1-14(11,12)5-8-10-6-4-9-3-2-7(6)13-8/h2-4H,5H2,1H3. The van der Waals surface area contributed by atoms with E-state index in [0.717, 1.165) is 10.2 Å². The molecule has 0 saturated heterocycles. The molecule has 2 aromatic rings. The number of rotatable bonds is 2. The van der Waals surface area contributed by atoms with Crippen LogP contribution in [0.1, 0.15) is 5.01 Å². The molecule has 0 spiro atoms. The molecule has 0 fully saturated rings. The summed E-state index contributed by atoms with van der Waals surface area (Å²) in [5.74, 6) is 0.00630. The molecule has 4 nitrogen and oxygen atoms in total. The van der Waals surface area contributed by atoms with Crippen LogP contribution in [0, 0.1) is 0 Å². The third-order valence-corrected chi connectivity index (χ3v) is 3.64. The van der Waals surface area contributed by atoms with Crippen molar-refractivity contribution in [2.24, 2.45) is 0 Å². The SMILES string of the molecule is CS(=O)(=O)Cc1nc2cnccc2s1. The lowest BCUT2D eigenvalue weighted by Gasteiger charge is -1.90. The van der Waals surface area contributed by atoms with Gasteiger partial charge in [0.1, 0.15) is 10.8 Å². The molecule has 0 aromatic carbocycles. The van der Waals surface area contributed by atoms with Gasteiger partial charge in [0.25, 0.3) is 0 Å². The van der Waals surface area contributed by atoms with Gasteiger partial charge in [-0.05, 0) is 6.07 Å². The van der Waals surface area contributed by atoms with Crippen molar-refractivity contribution in [2.75, 3.05) is 6.26 Å². The summed E-state index contributed by atoms with van der Waals surface area (Å²) in [6, 6.07) is 1.83. The number of pyridine rings is 1. The lowest BCUT2D eigenvalue weighted by molar-refractivity contribution is 0.601. The Kier molecular flexibility index (Phi) is 2.24. The smallest absolute Gasteiger partial charge is 0.153 e. The molecule has 0 atom stereocenters. The lowest BCUT2D eigenvalue weighted by Crippen LogP contribution is -1.99. The summed E-state index contributed by atoms with van der Waals surface area (Å²) in [6.07, 6.45) is 4.51. The van der Waals surface area contributed by atoms with Gasteiger partial charge in [-0.1, -0.05) is 0 Å². The van der Waals surface area contributed by atoms with Gasteiger partial charge in [-0.15, -0.1) is 11.3 Å². The zero-order valence-corrected chi connectivity index (χ0v) is 9.10. The van der Waals surface area contributed by atoms with Gasteiger partial charge in [0.15, 0.2) is 9.84 Å². The quantitative estimate of drug-likeness (QED) is 0.775. The first kappa shape index (κ1) is 9.54. The lowest BCUT2D eigenvalue weighted by atomic mass is 10.5. The van der Waals surface area contributed by atoms with Crippen LogP contribution in [-0.4, -0.2) is 24.6 Å². The Bertz CT molecular complexity index is 526. The first-order valence-electron chi connectivity index (χ1n) is 3.92. The van der Waals surface area contributed by atoms with Crippen LogP contribution in [0.3, 0.4) is 0 Å². The van der Waals surface area contributed by atoms with Crippen molar-refractivity contribution in [3.05, 3.63) is 23.5 Å². The van der Waals surface area contributed by atoms with Gasteiger partial charge < -0.3 is 0 Å². The molecular formula is C8H8N2O2S2. The number of hydrogen-bond donors (Lipinski definition) is 0. The molecule has 0 N–H and O–H groups in total. The Hall–Kier alpha value is -1.01. The molecule has 0 aliphatic rings. The first-order chi connectivity index (χ1) is 6.54. The summed E-state index contributed by atoms with van der Waals surface area (Å²) in [6.45, 7) is 0. The maximum atomic E-state index is 11.0. The summed E-state index contributed by atoms with van der Waals surface area (Å²) in [5, 5.41) is 0.621. The Morgan fingerprint density at radius 3 is 2.93 bits per heavy atom. The number of aromatic nitrogens is 2. The van der Waals surface area contributed by atoms with Gasteiger partial charge in [-0.3, -0.25) is 4.98 Å². The first-order valence-corrected chi connectivity index (χ1v) is 6.79. The highest BCUT2D eigenvalue weighted by atomic mass is 32.2. The average Bonchev–Trinajstić information content (AvgIpc) is 2.42. The van der Waals surface area contributed by atoms with E-state index < -0.39 is 9.84 Å². The van der Waals surface area contributed by atoms with Crippen LogP contribution in [0.15, 0.2) is 18.5 Å². The highest BCUT2D eigenvalue weighted by Gasteiger charge is 2.09. The molecule has 0 aliphatic heterocycles. The van der Waals surface area contributed by atoms with Gasteiger partial charge in [0.05, 0.1) is 16.4 Å². The van der Waals surface area contributed by atoms with Crippen LogP contribution in [-0.2, 0) is 15.6 Å². The fraction of sp³-hybridized carbons (Fsp3) is 0.250. The fourth-order valence-electron chi connectivity index (χ4n) is 1.11. The van der Waals surface area contributed by atoms with Crippen LogP contribution in [0.25, 0.3) is 10.2 Å². The van der Waals surface area contributed by atoms with Crippen molar-refractivity contribution in [1.82, 2.24) is 9.97 Å². The number of fused-ring (bicyclic) bond motifs is 1. The van der Waals surface area contributed by atoms with Crippen LogP contribution < -0.4 is 0 Å². The summed E-state index contributed by atoms with van der Waals surface area (Å²) in [4.78, 5) is 8.09. The van der Waals surface area contributed by atoms with Gasteiger partial charge in [-0.2, -0.15) is 0 Å². The van der Waals surface area contributed by atoms with E-state index in [2.05, 4.69) is 9.97 Å². The zero-order chi connectivity index (χ0) is 10.2. The van der Waals surface area contributed by atoms with Crippen LogP contribution >= 0.6 is 11.3 Å². The summed E-state index contributed by atoms with van der Waals surface area (Å²) >= 11 is 1.39. The summed E-state index contributed by atoms with van der Waals surface area (Å²) in [7, 11) is -3.00. The molecule has 14 heavy (non-hydrogen) atoms. The van der Waals surface area contributed by atoms with Crippen LogP contribution in [0.4, 0.5) is 0 Å². The number of nitrogens with zero attached hydrogens (tertiary/aromatic N) is 2. The predicted octanol–water partition coefficient (Wildman–Crippen LogP) is 1.24. The Labute approximate surface area is 85.5 Å². The van der Waals surface area contributed by atoms with Crippen molar-refractivity contribution in [3.8, 4) is 0 Å². The maximum absolute atomic E-state index is 11.0. The number of thiazole rings is 1. The molecule has 2 rings (SSSR count). The van der Waals surface area contributed by atoms with E-state index in [-0.39, 0.29) is 5.75 Å². The highest BCUT2D eigenvalue weighted by Crippen LogP contribution is 2.21. The van der Waals surface area contributed by atoms with Crippen LogP contribution in [0.5, 0.6) is 0 Å². The molecule has 74 valence electrons. The normalized spacial score (nSPS) is 12.1. The molecule has 6 heteroatoms. The largest absolute Gasteiger partial charge is 0.262 e. The molecule has 0 bridgehead atoms. The third kappa shape index (κ3) is 2.08. The minimum atomic E-state index is -3.00. The molecular weight excluding hydrogens is 220 g/mol. The fourth-order valence-corrected chi connectivity index (χ4v) is 3.23. The molecule has 0 radical (unpaired) electrons. The number of sulfone groups is 1. The minimum Gasteiger partial charge on any atom is -0.262 e. The van der Waals surface area contributed by atoms with Crippen molar-refractivity contribution in [2.45, 2.75) is 5.75 Å². The molecule has 0 aliphatic carbocycles. The van der Waals surface area contributed by atoms with Gasteiger partial charge >= 0.3 is 0 Å². The molecule has 0 unspecified atom stereocenters. The third-order valence-electron chi connectivity index (χ3n) is 1.62. The van der Waals surface area contributed by atoms with E-state index in [0.29, 0.717) is 5.01 Å². The van der Waals surface area contributed by atoms with E-state index in [1.54, 1.807) is 12.4 Å². The highest BCUT2D eigenvalue weighted by molar-refractivity contribution is 7.90. The van der Waals surface area contributed by atoms with Gasteiger partial charge in [0.2, 0.25) is 0 Å². The molecule has 0 saturated carbocycles. The molecule has 0 amide bonds. The topological polar surface area (TPSA) is 59.9 Å². The average molecular weight is 228 g/mol. The van der Waals surface area contributed by atoms with Crippen molar-refractivity contribution in [1.29, 1.82) is 0 Å². The van der Waals surface area contributed by atoms with Crippen molar-refractivity contribution in [3.63, 3.8) is 0 Å². The monoisotopic (exact) mass is 228 g/mol. The second-order valence-corrected chi connectivity index (χ2v) is 6.28. The maximum Gasteiger partial charge on any atom is 0.153 e. The Balaban J connectivity index is 2.46. The number of hydrogen-bond acceptors (Lipinski definition) is 5. The van der Waals surface area contributed by atoms with E-state index in [4.69, 9.17) is 0 Å². The minimum absolute atomic E-state index is 0.00630. The summed E-state index contributed by atoms with van der Waals surface area (Å²) in [5.41, 5.74) is 0.760. The zero-order valence-electron chi connectivity index (χ0n) is 7.47. The Morgan fingerprint density at radius 2 is 2.29 bits per heavy atom. The van der Waals surface area contributed by atoms with E-state index in [1.807, 2.05) is 6.07 Å². The van der Waals surface area contributed by atoms with E-state index >= 15 is 0 Å². The molecule has 2 heterocycles.